The summed E-state index contributed by atoms with van der Waals surface area (Å²) >= 11 is 0. The molecule has 0 radical (unpaired) electrons. The minimum Gasteiger partial charge on any atom is -0.492 e. The Labute approximate surface area is 222 Å². The lowest BCUT2D eigenvalue weighted by molar-refractivity contribution is -0.0494. The molecule has 0 bridgehead atoms. The number of fused-ring (bicyclic) bond motifs is 1. The lowest BCUT2D eigenvalue weighted by atomic mass is 9.97. The highest BCUT2D eigenvalue weighted by Crippen LogP contribution is 2.31. The number of alkyl halides is 2. The fourth-order valence-corrected chi connectivity index (χ4v) is 4.44. The van der Waals surface area contributed by atoms with Crippen LogP contribution in [0, 0.1) is 5.41 Å². The van der Waals surface area contributed by atoms with Crippen LogP contribution in [0.3, 0.4) is 0 Å². The fourth-order valence-electron chi connectivity index (χ4n) is 4.44. The molecule has 206 valence electrons. The summed E-state index contributed by atoms with van der Waals surface area (Å²) in [6.07, 6.45) is 2.08. The van der Waals surface area contributed by atoms with Gasteiger partial charge in [0, 0.05) is 44.6 Å². The van der Waals surface area contributed by atoms with Crippen LogP contribution in [0.15, 0.2) is 17.1 Å². The molecular weight excluding hydrogens is 524 g/mol. The number of hydrogen-bond acceptors (Lipinski definition) is 6. The quantitative estimate of drug-likeness (QED) is 0.444. The average Bonchev–Trinajstić information content (AvgIpc) is 3.30. The van der Waals surface area contributed by atoms with Crippen molar-refractivity contribution in [2.45, 2.75) is 65.0 Å². The van der Waals surface area contributed by atoms with Crippen LogP contribution >= 0.6 is 12.4 Å². The number of halogens is 3. The van der Waals surface area contributed by atoms with Crippen LogP contribution in [0.4, 0.5) is 8.78 Å². The third-order valence-corrected chi connectivity index (χ3v) is 6.53. The molecule has 1 saturated heterocycles. The molecule has 3 aromatic rings. The number of H-pyrrole nitrogens is 1. The minimum absolute atomic E-state index is 0. The first-order valence-corrected chi connectivity index (χ1v) is 12.2. The Bertz CT molecular complexity index is 1440. The Hall–Kier alpha value is -3.48. The fraction of sp³-hybridized carbons (Fsp3) is 0.542. The summed E-state index contributed by atoms with van der Waals surface area (Å²) in [6.45, 7) is 5.83. The Morgan fingerprint density at radius 2 is 1.89 bits per heavy atom. The van der Waals surface area contributed by atoms with Gasteiger partial charge >= 0.3 is 0 Å². The van der Waals surface area contributed by atoms with Crippen LogP contribution in [0.2, 0.25) is 0 Å². The van der Waals surface area contributed by atoms with Crippen LogP contribution in [-0.2, 0) is 6.54 Å². The van der Waals surface area contributed by atoms with E-state index in [2.05, 4.69) is 20.6 Å². The van der Waals surface area contributed by atoms with Crippen LogP contribution < -0.4 is 10.9 Å². The van der Waals surface area contributed by atoms with Crippen molar-refractivity contribution >= 4 is 29.9 Å². The molecule has 14 heteroatoms. The summed E-state index contributed by atoms with van der Waals surface area (Å²) in [4.78, 5) is 40.7. The number of nitrogens with zero attached hydrogens (tertiary/aromatic N) is 5. The molecule has 0 atom stereocenters. The van der Waals surface area contributed by atoms with Gasteiger partial charge in [-0.15, -0.1) is 12.4 Å². The van der Waals surface area contributed by atoms with E-state index in [1.807, 2.05) is 20.8 Å². The Kier molecular flexibility index (Phi) is 7.02. The highest BCUT2D eigenvalue weighted by atomic mass is 35.5. The van der Waals surface area contributed by atoms with Gasteiger partial charge in [0.1, 0.15) is 11.3 Å². The van der Waals surface area contributed by atoms with Gasteiger partial charge in [-0.25, -0.2) is 8.78 Å². The van der Waals surface area contributed by atoms with Crippen molar-refractivity contribution in [3.8, 4) is 17.3 Å². The van der Waals surface area contributed by atoms with Crippen LogP contribution in [-0.4, -0.2) is 71.3 Å². The zero-order chi connectivity index (χ0) is 26.7. The summed E-state index contributed by atoms with van der Waals surface area (Å²) < 4.78 is 29.6. The SMILES string of the molecule is CC(C)(C)Cn1c(=O)c(C(=O)NC2CC2)c(O)n2nc(-c3[nH]ncc3C(=O)N3CCC(F)(F)CC3)cc12.Cl. The third kappa shape index (κ3) is 5.24. The van der Waals surface area contributed by atoms with Crippen LogP contribution in [0.25, 0.3) is 17.0 Å². The second-order valence-electron chi connectivity index (χ2n) is 11.0. The minimum atomic E-state index is -2.80. The Balaban J connectivity index is 0.00000336. The summed E-state index contributed by atoms with van der Waals surface area (Å²) in [5, 5.41) is 24.8. The number of nitrogens with one attached hydrogen (secondary N) is 2. The van der Waals surface area contributed by atoms with E-state index in [4.69, 9.17) is 0 Å². The molecule has 0 aromatic carbocycles. The first-order valence-electron chi connectivity index (χ1n) is 12.2. The van der Waals surface area contributed by atoms with E-state index < -0.39 is 47.6 Å². The van der Waals surface area contributed by atoms with Crippen molar-refractivity contribution in [3.05, 3.63) is 33.7 Å². The van der Waals surface area contributed by atoms with Crippen molar-refractivity contribution < 1.29 is 23.5 Å². The summed E-state index contributed by atoms with van der Waals surface area (Å²) in [5.41, 5.74) is -0.662. The van der Waals surface area contributed by atoms with Crippen molar-refractivity contribution in [1.82, 2.24) is 34.6 Å². The Morgan fingerprint density at radius 3 is 2.50 bits per heavy atom. The van der Waals surface area contributed by atoms with Gasteiger partial charge in [0.15, 0.2) is 5.56 Å². The number of rotatable bonds is 5. The predicted molar refractivity (Wildman–Crippen MR) is 136 cm³/mol. The molecule has 2 aliphatic rings. The number of aromatic hydroxyl groups is 1. The van der Waals surface area contributed by atoms with Gasteiger partial charge in [0.05, 0.1) is 17.5 Å². The molecule has 0 unspecified atom stereocenters. The highest BCUT2D eigenvalue weighted by Gasteiger charge is 2.37. The molecule has 4 heterocycles. The maximum absolute atomic E-state index is 13.6. The van der Waals surface area contributed by atoms with Gasteiger partial charge in [-0.05, 0) is 18.3 Å². The molecule has 1 aliphatic carbocycles. The van der Waals surface area contributed by atoms with Crippen LogP contribution in [0.5, 0.6) is 5.88 Å². The lowest BCUT2D eigenvalue weighted by Gasteiger charge is -2.31. The number of aromatic amines is 1. The summed E-state index contributed by atoms with van der Waals surface area (Å²) in [6, 6.07) is 1.49. The highest BCUT2D eigenvalue weighted by molar-refractivity contribution is 6.00. The van der Waals surface area contributed by atoms with E-state index in [0.717, 1.165) is 17.4 Å². The summed E-state index contributed by atoms with van der Waals surface area (Å²) in [5.74, 6) is -4.56. The molecule has 0 spiro atoms. The number of carbonyl (C=O) groups is 2. The first kappa shape index (κ1) is 27.6. The second kappa shape index (κ2) is 9.68. The van der Waals surface area contributed by atoms with E-state index >= 15 is 0 Å². The molecule has 2 amide bonds. The molecule has 38 heavy (non-hydrogen) atoms. The predicted octanol–water partition coefficient (Wildman–Crippen LogP) is 2.82. The molecule has 3 aromatic heterocycles. The largest absolute Gasteiger partial charge is 0.492 e. The van der Waals surface area contributed by atoms with Crippen molar-refractivity contribution in [2.24, 2.45) is 5.41 Å². The molecular formula is C24H30ClF2N7O4. The van der Waals surface area contributed by atoms with Gasteiger partial charge in [-0.2, -0.15) is 14.7 Å². The van der Waals surface area contributed by atoms with Gasteiger partial charge in [0.25, 0.3) is 23.3 Å². The molecule has 1 saturated carbocycles. The number of hydrogen-bond donors (Lipinski definition) is 3. The van der Waals surface area contributed by atoms with Gasteiger partial charge in [-0.1, -0.05) is 20.8 Å². The molecule has 1 aliphatic heterocycles. The number of amides is 2. The van der Waals surface area contributed by atoms with E-state index in [1.165, 1.54) is 21.7 Å². The maximum Gasteiger partial charge on any atom is 0.270 e. The van der Waals surface area contributed by atoms with Gasteiger partial charge < -0.3 is 15.3 Å². The molecule has 11 nitrogen and oxygen atoms in total. The monoisotopic (exact) mass is 553 g/mol. The van der Waals surface area contributed by atoms with E-state index in [9.17, 15) is 28.3 Å². The Morgan fingerprint density at radius 1 is 1.24 bits per heavy atom. The number of carbonyl (C=O) groups excluding carboxylic acids is 2. The number of piperidine rings is 1. The van der Waals surface area contributed by atoms with Crippen molar-refractivity contribution in [2.75, 3.05) is 13.1 Å². The van der Waals surface area contributed by atoms with Crippen molar-refractivity contribution in [3.63, 3.8) is 0 Å². The van der Waals surface area contributed by atoms with Crippen molar-refractivity contribution in [1.29, 1.82) is 0 Å². The van der Waals surface area contributed by atoms with E-state index in [-0.39, 0.29) is 66.1 Å². The smallest absolute Gasteiger partial charge is 0.270 e. The summed E-state index contributed by atoms with van der Waals surface area (Å²) in [7, 11) is 0. The van der Waals surface area contributed by atoms with E-state index in [0.29, 0.717) is 0 Å². The van der Waals surface area contributed by atoms with Gasteiger partial charge in [-0.3, -0.25) is 24.0 Å². The van der Waals surface area contributed by atoms with E-state index in [1.54, 1.807) is 0 Å². The zero-order valence-corrected chi connectivity index (χ0v) is 22.1. The molecule has 5 rings (SSSR count). The number of aromatic nitrogens is 5. The first-order chi connectivity index (χ1) is 17.3. The maximum atomic E-state index is 13.6. The third-order valence-electron chi connectivity index (χ3n) is 6.53. The zero-order valence-electron chi connectivity index (χ0n) is 21.3. The number of likely N-dealkylation sites (tertiary alicyclic amines) is 1. The van der Waals surface area contributed by atoms with Gasteiger partial charge in [0.2, 0.25) is 5.88 Å². The topological polar surface area (TPSA) is 138 Å². The lowest BCUT2D eigenvalue weighted by Crippen LogP contribution is -2.42. The average molecular weight is 554 g/mol. The normalized spacial score (nSPS) is 17.3. The molecule has 3 N–H and O–H groups in total. The standard InChI is InChI=1S/C24H29F2N7O4.ClH/c1-23(2,3)12-32-16-10-15(30-33(16)22(37)17(21(32)36)19(34)28-13-4-5-13)18-14(11-27-29-18)20(35)31-8-6-24(25,26)7-9-31;/h10-11,13,37H,4-9,12H2,1-3H3,(H,27,29)(H,28,34);1H. The second-order valence-corrected chi connectivity index (χ2v) is 11.0. The molecule has 2 fully saturated rings. The van der Waals surface area contributed by atoms with Crippen LogP contribution in [0.1, 0.15) is 67.2 Å².